The van der Waals surface area contributed by atoms with E-state index in [2.05, 4.69) is 0 Å². The van der Waals surface area contributed by atoms with Gasteiger partial charge in [-0.15, -0.1) is 0 Å². The van der Waals surface area contributed by atoms with Crippen molar-refractivity contribution in [3.63, 3.8) is 0 Å². The average molecular weight is 206 g/mol. The lowest BCUT2D eigenvalue weighted by Crippen LogP contribution is -1.75. The predicted octanol–water partition coefficient (Wildman–Crippen LogP) is 3.57. The summed E-state index contributed by atoms with van der Waals surface area (Å²) in [5.74, 6) is 0.366. The minimum Gasteiger partial charge on any atom is -0.445 e. The quantitative estimate of drug-likeness (QED) is 0.659. The first-order valence-corrected chi connectivity index (χ1v) is 4.60. The van der Waals surface area contributed by atoms with Gasteiger partial charge in [-0.1, -0.05) is 11.6 Å². The number of nitrogens with zero attached hydrogens (tertiary/aromatic N) is 1. The molecule has 0 aliphatic heterocycles. The molecule has 2 aromatic rings. The molecule has 0 unspecified atom stereocenters. The van der Waals surface area contributed by atoms with E-state index < -0.39 is 0 Å². The molecule has 1 aromatic carbocycles. The van der Waals surface area contributed by atoms with Gasteiger partial charge < -0.3 is 4.42 Å². The summed E-state index contributed by atoms with van der Waals surface area (Å²) < 4.78 is 5.41. The highest BCUT2D eigenvalue weighted by molar-refractivity contribution is 6.31. The van der Waals surface area contributed by atoms with Crippen molar-refractivity contribution in [1.82, 2.24) is 0 Å². The molecule has 0 saturated heterocycles. The van der Waals surface area contributed by atoms with Crippen molar-refractivity contribution in [2.75, 3.05) is 0 Å². The van der Waals surface area contributed by atoms with Gasteiger partial charge in [0, 0.05) is 16.0 Å². The molecular weight excluding hydrogens is 198 g/mol. The molecule has 0 aliphatic carbocycles. The van der Waals surface area contributed by atoms with Crippen LogP contribution in [0.4, 0.5) is 0 Å². The Morgan fingerprint density at radius 2 is 2.07 bits per heavy atom. The van der Waals surface area contributed by atoms with Gasteiger partial charge in [0.2, 0.25) is 5.76 Å². The van der Waals surface area contributed by atoms with Gasteiger partial charge in [0.1, 0.15) is 11.7 Å². The third kappa shape index (κ3) is 1.18. The summed E-state index contributed by atoms with van der Waals surface area (Å²) in [6, 6.07) is 5.67. The number of hydrogen-bond acceptors (Lipinski definition) is 2. The van der Waals surface area contributed by atoms with Crippen LogP contribution < -0.4 is 0 Å². The summed E-state index contributed by atoms with van der Waals surface area (Å²) in [5, 5.41) is 10.4. The fourth-order valence-corrected chi connectivity index (χ4v) is 1.82. The standard InChI is InChI=1S/C11H8ClNO/c1-6-3-8(12)4-9-7(2)10(5-13)14-11(6)9/h3-4H,1-2H3. The SMILES string of the molecule is Cc1c(C#N)oc2c(C)cc(Cl)cc12. The van der Waals surface area contributed by atoms with E-state index in [1.807, 2.05) is 32.0 Å². The van der Waals surface area contributed by atoms with Crippen LogP contribution in [0.1, 0.15) is 16.9 Å². The number of halogens is 1. The smallest absolute Gasteiger partial charge is 0.207 e. The van der Waals surface area contributed by atoms with Gasteiger partial charge >= 0.3 is 0 Å². The number of fused-ring (bicyclic) bond motifs is 1. The molecule has 0 N–H and O–H groups in total. The van der Waals surface area contributed by atoms with Gasteiger partial charge in [0.25, 0.3) is 0 Å². The van der Waals surface area contributed by atoms with Crippen molar-refractivity contribution in [2.24, 2.45) is 0 Å². The minimum atomic E-state index is 0.366. The number of rotatable bonds is 0. The van der Waals surface area contributed by atoms with Crippen LogP contribution in [0.3, 0.4) is 0 Å². The fraction of sp³-hybridized carbons (Fsp3) is 0.182. The van der Waals surface area contributed by atoms with Crippen molar-refractivity contribution >= 4 is 22.6 Å². The van der Waals surface area contributed by atoms with Gasteiger partial charge in [-0.05, 0) is 31.5 Å². The third-order valence-electron chi connectivity index (χ3n) is 2.29. The number of benzene rings is 1. The molecule has 3 heteroatoms. The Hall–Kier alpha value is -1.46. The highest BCUT2D eigenvalue weighted by Gasteiger charge is 2.12. The Morgan fingerprint density at radius 3 is 2.71 bits per heavy atom. The van der Waals surface area contributed by atoms with Gasteiger partial charge in [0.15, 0.2) is 0 Å². The number of aryl methyl sites for hydroxylation is 2. The van der Waals surface area contributed by atoms with Gasteiger partial charge in [0.05, 0.1) is 0 Å². The van der Waals surface area contributed by atoms with E-state index in [4.69, 9.17) is 21.3 Å². The van der Waals surface area contributed by atoms with E-state index in [9.17, 15) is 0 Å². The normalized spacial score (nSPS) is 10.4. The van der Waals surface area contributed by atoms with Crippen LogP contribution in [-0.2, 0) is 0 Å². The topological polar surface area (TPSA) is 36.9 Å². The van der Waals surface area contributed by atoms with Crippen LogP contribution in [0.15, 0.2) is 16.5 Å². The Bertz CT molecular complexity index is 548. The van der Waals surface area contributed by atoms with E-state index >= 15 is 0 Å². The van der Waals surface area contributed by atoms with Crippen molar-refractivity contribution in [2.45, 2.75) is 13.8 Å². The summed E-state index contributed by atoms with van der Waals surface area (Å²) in [6.07, 6.45) is 0. The number of hydrogen-bond donors (Lipinski definition) is 0. The second-order valence-corrected chi connectivity index (χ2v) is 3.70. The molecule has 0 spiro atoms. The Morgan fingerprint density at radius 1 is 1.36 bits per heavy atom. The van der Waals surface area contributed by atoms with Crippen LogP contribution in [0.5, 0.6) is 0 Å². The van der Waals surface area contributed by atoms with Gasteiger partial charge in [-0.2, -0.15) is 5.26 Å². The molecule has 2 rings (SSSR count). The molecule has 0 aliphatic rings. The molecule has 0 radical (unpaired) electrons. The Labute approximate surface area is 86.7 Å². The van der Waals surface area contributed by atoms with E-state index in [1.165, 1.54) is 0 Å². The molecule has 70 valence electrons. The summed E-state index contributed by atoms with van der Waals surface area (Å²) in [7, 11) is 0. The van der Waals surface area contributed by atoms with Crippen molar-refractivity contribution in [1.29, 1.82) is 5.26 Å². The van der Waals surface area contributed by atoms with E-state index in [-0.39, 0.29) is 0 Å². The molecule has 0 atom stereocenters. The maximum Gasteiger partial charge on any atom is 0.207 e. The minimum absolute atomic E-state index is 0.366. The predicted molar refractivity (Wildman–Crippen MR) is 55.4 cm³/mol. The third-order valence-corrected chi connectivity index (χ3v) is 2.51. The first-order valence-electron chi connectivity index (χ1n) is 4.23. The summed E-state index contributed by atoms with van der Waals surface area (Å²) in [4.78, 5) is 0. The maximum atomic E-state index is 8.80. The van der Waals surface area contributed by atoms with Crippen LogP contribution >= 0.6 is 11.6 Å². The fourth-order valence-electron chi connectivity index (χ4n) is 1.55. The highest BCUT2D eigenvalue weighted by atomic mass is 35.5. The number of nitriles is 1. The van der Waals surface area contributed by atoms with Crippen LogP contribution in [0.25, 0.3) is 11.0 Å². The molecule has 2 nitrogen and oxygen atoms in total. The lowest BCUT2D eigenvalue weighted by Gasteiger charge is -1.95. The summed E-state index contributed by atoms with van der Waals surface area (Å²) in [5.41, 5.74) is 2.56. The highest BCUT2D eigenvalue weighted by Crippen LogP contribution is 2.30. The molecule has 14 heavy (non-hydrogen) atoms. The molecule has 0 saturated carbocycles. The molecule has 1 heterocycles. The second kappa shape index (κ2) is 3.04. The zero-order valence-electron chi connectivity index (χ0n) is 7.89. The van der Waals surface area contributed by atoms with Crippen LogP contribution in [0, 0.1) is 25.2 Å². The van der Waals surface area contributed by atoms with Crippen molar-refractivity contribution in [3.05, 3.63) is 34.0 Å². The van der Waals surface area contributed by atoms with E-state index in [0.29, 0.717) is 10.8 Å². The first-order chi connectivity index (χ1) is 6.63. The molecule has 0 fully saturated rings. The lowest BCUT2D eigenvalue weighted by molar-refractivity contribution is 0.594. The van der Waals surface area contributed by atoms with Crippen LogP contribution in [-0.4, -0.2) is 0 Å². The Kier molecular flexibility index (Phi) is 1.98. The van der Waals surface area contributed by atoms with Crippen LogP contribution in [0.2, 0.25) is 5.02 Å². The maximum absolute atomic E-state index is 8.80. The lowest BCUT2D eigenvalue weighted by atomic mass is 10.1. The van der Waals surface area contributed by atoms with E-state index in [1.54, 1.807) is 0 Å². The zero-order chi connectivity index (χ0) is 10.3. The van der Waals surface area contributed by atoms with Crippen molar-refractivity contribution < 1.29 is 4.42 Å². The Balaban J connectivity index is 2.94. The van der Waals surface area contributed by atoms with Crippen molar-refractivity contribution in [3.8, 4) is 6.07 Å². The first kappa shape index (κ1) is 9.11. The average Bonchev–Trinajstić information content (AvgIpc) is 2.44. The molecular formula is C11H8ClNO. The molecule has 0 bridgehead atoms. The summed E-state index contributed by atoms with van der Waals surface area (Å²) >= 11 is 5.92. The van der Waals surface area contributed by atoms with E-state index in [0.717, 1.165) is 22.1 Å². The summed E-state index contributed by atoms with van der Waals surface area (Å²) in [6.45, 7) is 3.78. The second-order valence-electron chi connectivity index (χ2n) is 3.27. The van der Waals surface area contributed by atoms with Gasteiger partial charge in [-0.3, -0.25) is 0 Å². The molecule has 1 aromatic heterocycles. The monoisotopic (exact) mass is 205 g/mol. The molecule has 0 amide bonds. The van der Waals surface area contributed by atoms with Gasteiger partial charge in [-0.25, -0.2) is 0 Å². The largest absolute Gasteiger partial charge is 0.445 e. The number of furan rings is 1. The zero-order valence-corrected chi connectivity index (χ0v) is 8.64.